The lowest BCUT2D eigenvalue weighted by atomic mass is 10.0. The fourth-order valence-corrected chi connectivity index (χ4v) is 5.34. The molecule has 4 heterocycles. The summed E-state index contributed by atoms with van der Waals surface area (Å²) in [6, 6.07) is 25.4. The maximum atomic E-state index is 6.14. The minimum atomic E-state index is -0.0213. The first kappa shape index (κ1) is 21.4. The number of nitrogens with one attached hydrogen (secondary N) is 2. The van der Waals surface area contributed by atoms with Crippen LogP contribution < -0.4 is 10.6 Å². The highest BCUT2D eigenvalue weighted by atomic mass is 32.1. The Morgan fingerprint density at radius 3 is 2.38 bits per heavy atom. The van der Waals surface area contributed by atoms with Crippen molar-refractivity contribution in [1.82, 2.24) is 15.3 Å². The number of thiophene rings is 1. The third-order valence-corrected chi connectivity index (χ3v) is 7.32. The summed E-state index contributed by atoms with van der Waals surface area (Å²) in [4.78, 5) is 10.2. The quantitative estimate of drug-likeness (QED) is 0.411. The third-order valence-electron chi connectivity index (χ3n) is 6.43. The van der Waals surface area contributed by atoms with Crippen LogP contribution in [0.25, 0.3) is 21.7 Å². The lowest BCUT2D eigenvalue weighted by Gasteiger charge is -2.18. The molecule has 0 radical (unpaired) electrons. The van der Waals surface area contributed by atoms with Crippen LogP contribution in [0.4, 0.5) is 5.95 Å². The SMILES string of the molecule is c1ccc(-c2ccc(CN[C@@H]3CO[C@@H]4[C@@H]3OC[C@@H]4Nc3nccc(-c4cccs4)n3)cc2)cc1. The Morgan fingerprint density at radius 2 is 1.59 bits per heavy atom. The lowest BCUT2D eigenvalue weighted by molar-refractivity contribution is 0.0675. The number of rotatable bonds is 7. The molecule has 0 spiro atoms. The van der Waals surface area contributed by atoms with Crippen molar-refractivity contribution in [1.29, 1.82) is 0 Å². The van der Waals surface area contributed by atoms with Gasteiger partial charge >= 0.3 is 0 Å². The van der Waals surface area contributed by atoms with Crippen LogP contribution >= 0.6 is 11.3 Å². The van der Waals surface area contributed by atoms with Crippen LogP contribution in [0.15, 0.2) is 84.4 Å². The summed E-state index contributed by atoms with van der Waals surface area (Å²) in [5.41, 5.74) is 4.63. The second-order valence-electron chi connectivity index (χ2n) is 8.64. The molecule has 0 bridgehead atoms. The highest BCUT2D eigenvalue weighted by Crippen LogP contribution is 2.30. The predicted octanol–water partition coefficient (Wildman–Crippen LogP) is 4.61. The molecule has 6 rings (SSSR count). The van der Waals surface area contributed by atoms with Crippen molar-refractivity contribution >= 4 is 17.3 Å². The van der Waals surface area contributed by atoms with Gasteiger partial charge in [-0.2, -0.15) is 0 Å². The van der Waals surface area contributed by atoms with Gasteiger partial charge in [0.05, 0.1) is 35.9 Å². The molecule has 4 atom stereocenters. The van der Waals surface area contributed by atoms with Gasteiger partial charge in [-0.3, -0.25) is 0 Å². The van der Waals surface area contributed by atoms with E-state index in [1.54, 1.807) is 17.5 Å². The molecule has 0 unspecified atom stereocenters. The molecule has 172 valence electrons. The molecule has 2 aromatic carbocycles. The minimum Gasteiger partial charge on any atom is -0.371 e. The number of aromatic nitrogens is 2. The summed E-state index contributed by atoms with van der Waals surface area (Å²) in [5.74, 6) is 0.610. The topological polar surface area (TPSA) is 68.3 Å². The minimum absolute atomic E-state index is 0.0153. The molecule has 2 aliphatic rings. The van der Waals surface area contributed by atoms with E-state index in [4.69, 9.17) is 9.47 Å². The fourth-order valence-electron chi connectivity index (χ4n) is 4.65. The van der Waals surface area contributed by atoms with Crippen molar-refractivity contribution < 1.29 is 9.47 Å². The number of hydrogen-bond acceptors (Lipinski definition) is 7. The number of anilines is 1. The zero-order chi connectivity index (χ0) is 22.7. The highest BCUT2D eigenvalue weighted by Gasteiger charge is 2.47. The summed E-state index contributed by atoms with van der Waals surface area (Å²) >= 11 is 1.67. The normalized spacial score (nSPS) is 23.6. The van der Waals surface area contributed by atoms with Gasteiger partial charge in [-0.05, 0) is 34.2 Å². The molecule has 2 aromatic heterocycles. The van der Waals surface area contributed by atoms with E-state index in [1.165, 1.54) is 16.7 Å². The van der Waals surface area contributed by atoms with Crippen LogP contribution in [0.5, 0.6) is 0 Å². The first-order valence-electron chi connectivity index (χ1n) is 11.6. The van der Waals surface area contributed by atoms with E-state index < -0.39 is 0 Å². The van der Waals surface area contributed by atoms with Crippen LogP contribution in [0.1, 0.15) is 5.56 Å². The molecule has 4 aromatic rings. The molecule has 2 aliphatic heterocycles. The van der Waals surface area contributed by atoms with Crippen LogP contribution in [0, 0.1) is 0 Å². The predicted molar refractivity (Wildman–Crippen MR) is 135 cm³/mol. The van der Waals surface area contributed by atoms with E-state index >= 15 is 0 Å². The average Bonchev–Trinajstić information content (AvgIpc) is 3.64. The monoisotopic (exact) mass is 470 g/mol. The molecule has 0 aliphatic carbocycles. The molecular weight excluding hydrogens is 444 g/mol. The Morgan fingerprint density at radius 1 is 0.824 bits per heavy atom. The summed E-state index contributed by atoms with van der Waals surface area (Å²) < 4.78 is 12.3. The standard InChI is InChI=1S/C27H26N4O2S/c1-2-5-19(6-3-1)20-10-8-18(9-11-20)15-29-22-16-32-26-23(17-33-25(22)26)31-27-28-13-12-21(30-27)24-7-4-14-34-24/h1-14,22-23,25-26,29H,15-17H2,(H,28,30,31)/t22-,23+,25-,26+/m1/s1. The number of ether oxygens (including phenoxy) is 2. The molecule has 0 amide bonds. The molecule has 34 heavy (non-hydrogen) atoms. The van der Waals surface area contributed by atoms with E-state index in [2.05, 4.69) is 80.6 Å². The van der Waals surface area contributed by atoms with Crippen molar-refractivity contribution in [3.05, 3.63) is 89.9 Å². The fraction of sp³-hybridized carbons (Fsp3) is 0.259. The van der Waals surface area contributed by atoms with Crippen molar-refractivity contribution in [2.45, 2.75) is 30.8 Å². The van der Waals surface area contributed by atoms with Crippen molar-refractivity contribution in [3.63, 3.8) is 0 Å². The summed E-state index contributed by atoms with van der Waals surface area (Å²) in [5, 5.41) is 9.12. The number of benzene rings is 2. The molecular formula is C27H26N4O2S. The third kappa shape index (κ3) is 4.48. The van der Waals surface area contributed by atoms with Gasteiger partial charge in [0.25, 0.3) is 0 Å². The van der Waals surface area contributed by atoms with Gasteiger partial charge in [0, 0.05) is 12.7 Å². The van der Waals surface area contributed by atoms with E-state index in [9.17, 15) is 0 Å². The molecule has 0 saturated carbocycles. The Labute approximate surface area is 203 Å². The average molecular weight is 471 g/mol. The Kier molecular flexibility index (Phi) is 6.08. The summed E-state index contributed by atoms with van der Waals surface area (Å²) in [7, 11) is 0. The van der Waals surface area contributed by atoms with Gasteiger partial charge in [-0.15, -0.1) is 11.3 Å². The zero-order valence-electron chi connectivity index (χ0n) is 18.6. The second kappa shape index (κ2) is 9.64. The lowest BCUT2D eigenvalue weighted by Crippen LogP contribution is -2.41. The van der Waals surface area contributed by atoms with E-state index in [-0.39, 0.29) is 24.3 Å². The molecule has 2 saturated heterocycles. The van der Waals surface area contributed by atoms with Gasteiger partial charge in [0.15, 0.2) is 0 Å². The second-order valence-corrected chi connectivity index (χ2v) is 9.59. The zero-order valence-corrected chi connectivity index (χ0v) is 19.4. The number of fused-ring (bicyclic) bond motifs is 1. The molecule has 2 N–H and O–H groups in total. The molecule has 6 nitrogen and oxygen atoms in total. The van der Waals surface area contributed by atoms with Crippen LogP contribution in [0.3, 0.4) is 0 Å². The van der Waals surface area contributed by atoms with Crippen molar-refractivity contribution in [3.8, 4) is 21.7 Å². The van der Waals surface area contributed by atoms with Crippen LogP contribution in [0.2, 0.25) is 0 Å². The summed E-state index contributed by atoms with van der Waals surface area (Å²) in [6.07, 6.45) is 1.79. The molecule has 7 heteroatoms. The number of nitrogens with zero attached hydrogens (tertiary/aromatic N) is 2. The highest BCUT2D eigenvalue weighted by molar-refractivity contribution is 7.13. The van der Waals surface area contributed by atoms with E-state index in [1.807, 2.05) is 18.2 Å². The Bertz CT molecular complexity index is 1220. The maximum absolute atomic E-state index is 6.14. The number of hydrogen-bond donors (Lipinski definition) is 2. The van der Waals surface area contributed by atoms with Crippen LogP contribution in [-0.2, 0) is 16.0 Å². The van der Waals surface area contributed by atoms with E-state index in [0.717, 1.165) is 17.1 Å². The van der Waals surface area contributed by atoms with E-state index in [0.29, 0.717) is 19.2 Å². The smallest absolute Gasteiger partial charge is 0.223 e. The first-order valence-corrected chi connectivity index (χ1v) is 12.5. The maximum Gasteiger partial charge on any atom is 0.223 e. The largest absolute Gasteiger partial charge is 0.371 e. The summed E-state index contributed by atoms with van der Waals surface area (Å²) in [6.45, 7) is 1.98. The van der Waals surface area contributed by atoms with Gasteiger partial charge in [0.2, 0.25) is 5.95 Å². The van der Waals surface area contributed by atoms with Gasteiger partial charge in [0.1, 0.15) is 12.2 Å². The van der Waals surface area contributed by atoms with Crippen molar-refractivity contribution in [2.24, 2.45) is 0 Å². The first-order chi connectivity index (χ1) is 16.8. The molecule has 2 fully saturated rings. The van der Waals surface area contributed by atoms with Gasteiger partial charge in [-0.1, -0.05) is 60.7 Å². The Balaban J connectivity index is 1.05. The Hall–Kier alpha value is -3.10. The van der Waals surface area contributed by atoms with Crippen molar-refractivity contribution in [2.75, 3.05) is 18.5 Å². The van der Waals surface area contributed by atoms with Gasteiger partial charge in [-0.25, -0.2) is 9.97 Å². The van der Waals surface area contributed by atoms with Gasteiger partial charge < -0.3 is 20.1 Å². The van der Waals surface area contributed by atoms with Crippen LogP contribution in [-0.4, -0.2) is 47.5 Å².